The summed E-state index contributed by atoms with van der Waals surface area (Å²) >= 11 is 0. The smallest absolute Gasteiger partial charge is 0.160 e. The maximum atomic E-state index is 11.5. The summed E-state index contributed by atoms with van der Waals surface area (Å²) in [5.74, 6) is 0.829. The van der Waals surface area contributed by atoms with E-state index in [0.717, 1.165) is 5.56 Å². The van der Waals surface area contributed by atoms with Crippen LogP contribution in [0.4, 0.5) is 0 Å². The molecule has 0 spiro atoms. The molecule has 0 heterocycles. The Morgan fingerprint density at radius 1 is 1.13 bits per heavy atom. The van der Waals surface area contributed by atoms with Crippen molar-refractivity contribution in [1.29, 1.82) is 0 Å². The van der Waals surface area contributed by atoms with Crippen LogP contribution in [0.25, 0.3) is 0 Å². The van der Waals surface area contributed by atoms with Gasteiger partial charge in [-0.3, -0.25) is 4.79 Å². The van der Waals surface area contributed by atoms with Crippen LogP contribution in [0, 0.1) is 0 Å². The molecule has 80 valence electrons. The fourth-order valence-corrected chi connectivity index (χ4v) is 2.59. The van der Waals surface area contributed by atoms with E-state index in [4.69, 9.17) is 0 Å². The Hall–Kier alpha value is -1.11. The lowest BCUT2D eigenvalue weighted by Gasteiger charge is -2.23. The molecule has 0 aliphatic heterocycles. The highest BCUT2D eigenvalue weighted by Crippen LogP contribution is 2.34. The molecule has 0 saturated heterocycles. The van der Waals surface area contributed by atoms with Gasteiger partial charge in [-0.05, 0) is 31.2 Å². The van der Waals surface area contributed by atoms with E-state index in [1.807, 2.05) is 12.1 Å². The number of hydrogen-bond donors (Lipinski definition) is 0. The first-order chi connectivity index (χ1) is 7.29. The lowest BCUT2D eigenvalue weighted by molar-refractivity contribution is 0.101. The normalized spacial score (nSPS) is 17.7. The van der Waals surface area contributed by atoms with Crippen LogP contribution >= 0.6 is 0 Å². The second-order valence-corrected chi connectivity index (χ2v) is 4.48. The van der Waals surface area contributed by atoms with Crippen LogP contribution in [-0.2, 0) is 0 Å². The quantitative estimate of drug-likeness (QED) is 0.664. The van der Waals surface area contributed by atoms with Gasteiger partial charge in [-0.2, -0.15) is 0 Å². The van der Waals surface area contributed by atoms with Crippen molar-refractivity contribution >= 4 is 5.78 Å². The summed E-state index contributed by atoms with van der Waals surface area (Å²) in [4.78, 5) is 11.5. The highest BCUT2D eigenvalue weighted by atomic mass is 16.1. The van der Waals surface area contributed by atoms with Gasteiger partial charge in [0.2, 0.25) is 0 Å². The molecule has 1 aliphatic carbocycles. The van der Waals surface area contributed by atoms with E-state index in [1.165, 1.54) is 37.7 Å². The van der Waals surface area contributed by atoms with E-state index in [0.29, 0.717) is 5.92 Å². The SMILES string of the molecule is CC(=O)c1ccccc1C1CCCCC1. The Morgan fingerprint density at radius 2 is 1.80 bits per heavy atom. The van der Waals surface area contributed by atoms with Gasteiger partial charge in [-0.1, -0.05) is 43.5 Å². The van der Waals surface area contributed by atoms with Gasteiger partial charge in [-0.15, -0.1) is 0 Å². The average molecular weight is 202 g/mol. The lowest BCUT2D eigenvalue weighted by Crippen LogP contribution is -2.09. The van der Waals surface area contributed by atoms with Gasteiger partial charge in [0.25, 0.3) is 0 Å². The zero-order valence-electron chi connectivity index (χ0n) is 9.33. The number of benzene rings is 1. The Bertz CT molecular complexity index is 348. The maximum absolute atomic E-state index is 11.5. The molecule has 0 aromatic heterocycles. The van der Waals surface area contributed by atoms with Crippen LogP contribution in [0.5, 0.6) is 0 Å². The molecule has 0 atom stereocenters. The molecule has 0 radical (unpaired) electrons. The summed E-state index contributed by atoms with van der Waals surface area (Å²) in [6.07, 6.45) is 6.50. The Balaban J connectivity index is 2.29. The molecule has 1 aliphatic rings. The fourth-order valence-electron chi connectivity index (χ4n) is 2.59. The molecule has 1 heteroatoms. The first-order valence-electron chi connectivity index (χ1n) is 5.89. The summed E-state index contributed by atoms with van der Waals surface area (Å²) in [6, 6.07) is 8.11. The van der Waals surface area contributed by atoms with Gasteiger partial charge in [0.1, 0.15) is 0 Å². The summed E-state index contributed by atoms with van der Waals surface area (Å²) in [5.41, 5.74) is 2.22. The summed E-state index contributed by atoms with van der Waals surface area (Å²) in [5, 5.41) is 0. The second-order valence-electron chi connectivity index (χ2n) is 4.48. The minimum atomic E-state index is 0.205. The van der Waals surface area contributed by atoms with Crippen molar-refractivity contribution in [2.45, 2.75) is 44.9 Å². The Labute approximate surface area is 91.5 Å². The predicted octanol–water partition coefficient (Wildman–Crippen LogP) is 3.94. The van der Waals surface area contributed by atoms with Crippen LogP contribution in [0.2, 0.25) is 0 Å². The number of ketones is 1. The standard InChI is InChI=1S/C14H18O/c1-11(15)13-9-5-6-10-14(13)12-7-3-2-4-8-12/h5-6,9-10,12H,2-4,7-8H2,1H3. The van der Waals surface area contributed by atoms with Gasteiger partial charge < -0.3 is 0 Å². The topological polar surface area (TPSA) is 17.1 Å². The number of rotatable bonds is 2. The molecule has 1 nitrogen and oxygen atoms in total. The zero-order chi connectivity index (χ0) is 10.7. The second kappa shape index (κ2) is 4.61. The van der Waals surface area contributed by atoms with Crippen LogP contribution in [-0.4, -0.2) is 5.78 Å². The minimum absolute atomic E-state index is 0.205. The van der Waals surface area contributed by atoms with E-state index in [9.17, 15) is 4.79 Å². The third-order valence-corrected chi connectivity index (χ3v) is 3.39. The molecule has 1 aromatic rings. The molecular weight excluding hydrogens is 184 g/mol. The van der Waals surface area contributed by atoms with Crippen LogP contribution in [0.15, 0.2) is 24.3 Å². The van der Waals surface area contributed by atoms with E-state index >= 15 is 0 Å². The van der Waals surface area contributed by atoms with E-state index < -0.39 is 0 Å². The number of carbonyl (C=O) groups excluding carboxylic acids is 1. The molecule has 1 fully saturated rings. The zero-order valence-corrected chi connectivity index (χ0v) is 9.33. The maximum Gasteiger partial charge on any atom is 0.160 e. The summed E-state index contributed by atoms with van der Waals surface area (Å²) in [7, 11) is 0. The van der Waals surface area contributed by atoms with Gasteiger partial charge in [-0.25, -0.2) is 0 Å². The number of hydrogen-bond acceptors (Lipinski definition) is 1. The third-order valence-electron chi connectivity index (χ3n) is 3.39. The van der Waals surface area contributed by atoms with E-state index in [1.54, 1.807) is 6.92 Å². The van der Waals surface area contributed by atoms with Gasteiger partial charge >= 0.3 is 0 Å². The summed E-state index contributed by atoms with van der Waals surface area (Å²) in [6.45, 7) is 1.67. The van der Waals surface area contributed by atoms with Crippen molar-refractivity contribution < 1.29 is 4.79 Å². The first-order valence-corrected chi connectivity index (χ1v) is 5.89. The molecule has 1 aromatic carbocycles. The molecule has 0 amide bonds. The molecular formula is C14H18O. The highest BCUT2D eigenvalue weighted by molar-refractivity contribution is 5.95. The van der Waals surface area contributed by atoms with Gasteiger partial charge in [0, 0.05) is 5.56 Å². The van der Waals surface area contributed by atoms with Crippen molar-refractivity contribution in [3.63, 3.8) is 0 Å². The third kappa shape index (κ3) is 2.28. The average Bonchev–Trinajstić information content (AvgIpc) is 2.30. The van der Waals surface area contributed by atoms with Crippen LogP contribution in [0.3, 0.4) is 0 Å². The van der Waals surface area contributed by atoms with E-state index in [2.05, 4.69) is 12.1 Å². The van der Waals surface area contributed by atoms with Crippen LogP contribution < -0.4 is 0 Å². The van der Waals surface area contributed by atoms with Crippen molar-refractivity contribution in [2.75, 3.05) is 0 Å². The Morgan fingerprint density at radius 3 is 2.47 bits per heavy atom. The van der Waals surface area contributed by atoms with Crippen molar-refractivity contribution in [2.24, 2.45) is 0 Å². The molecule has 0 bridgehead atoms. The highest BCUT2D eigenvalue weighted by Gasteiger charge is 2.19. The molecule has 15 heavy (non-hydrogen) atoms. The fraction of sp³-hybridized carbons (Fsp3) is 0.500. The van der Waals surface area contributed by atoms with Gasteiger partial charge in [0.05, 0.1) is 0 Å². The monoisotopic (exact) mass is 202 g/mol. The lowest BCUT2D eigenvalue weighted by atomic mass is 9.81. The molecule has 0 unspecified atom stereocenters. The molecule has 2 rings (SSSR count). The summed E-state index contributed by atoms with van der Waals surface area (Å²) < 4.78 is 0. The number of carbonyl (C=O) groups is 1. The number of Topliss-reactive ketones (excluding diaryl/α,β-unsaturated/α-hetero) is 1. The van der Waals surface area contributed by atoms with E-state index in [-0.39, 0.29) is 5.78 Å². The molecule has 0 N–H and O–H groups in total. The molecule has 1 saturated carbocycles. The minimum Gasteiger partial charge on any atom is -0.295 e. The first kappa shape index (κ1) is 10.4. The predicted molar refractivity (Wildman–Crippen MR) is 62.3 cm³/mol. The van der Waals surface area contributed by atoms with Gasteiger partial charge in [0.15, 0.2) is 5.78 Å². The van der Waals surface area contributed by atoms with Crippen molar-refractivity contribution in [1.82, 2.24) is 0 Å². The van der Waals surface area contributed by atoms with Crippen LogP contribution in [0.1, 0.15) is 60.9 Å². The Kier molecular flexibility index (Phi) is 3.20. The van der Waals surface area contributed by atoms with Crippen molar-refractivity contribution in [3.8, 4) is 0 Å². The largest absolute Gasteiger partial charge is 0.295 e. The van der Waals surface area contributed by atoms with Crippen molar-refractivity contribution in [3.05, 3.63) is 35.4 Å².